The molecule has 0 bridgehead atoms. The van der Waals surface area contributed by atoms with Gasteiger partial charge in [-0.25, -0.2) is 4.90 Å². The normalized spacial score (nSPS) is 15.7. The molecule has 1 aliphatic rings. The van der Waals surface area contributed by atoms with Gasteiger partial charge in [-0.15, -0.1) is 0 Å². The highest BCUT2D eigenvalue weighted by atomic mass is 35.5. The second-order valence-electron chi connectivity index (χ2n) is 5.24. The lowest BCUT2D eigenvalue weighted by molar-refractivity contribution is -0.113. The number of amides is 2. The Morgan fingerprint density at radius 2 is 1.85 bits per heavy atom. The highest BCUT2D eigenvalue weighted by Gasteiger charge is 2.36. The van der Waals surface area contributed by atoms with Gasteiger partial charge in [-0.2, -0.15) is 0 Å². The van der Waals surface area contributed by atoms with E-state index >= 15 is 0 Å². The molecule has 0 spiro atoms. The number of nitrogens with zero attached hydrogens (tertiary/aromatic N) is 1. The lowest BCUT2D eigenvalue weighted by Crippen LogP contribution is -2.27. The Labute approximate surface area is 164 Å². The first-order chi connectivity index (χ1) is 12.4. The van der Waals surface area contributed by atoms with E-state index in [9.17, 15) is 9.59 Å². The highest BCUT2D eigenvalue weighted by Crippen LogP contribution is 2.39. The fraction of sp³-hybridized carbons (Fsp3) is 0.111. The number of benzene rings is 2. The molecule has 2 aromatic rings. The van der Waals surface area contributed by atoms with E-state index in [0.717, 1.165) is 16.7 Å². The summed E-state index contributed by atoms with van der Waals surface area (Å²) in [6.45, 7) is 0. The van der Waals surface area contributed by atoms with Gasteiger partial charge in [-0.3, -0.25) is 9.59 Å². The van der Waals surface area contributed by atoms with Crippen LogP contribution in [0.1, 0.15) is 5.56 Å². The number of hydrogen-bond acceptors (Lipinski definition) is 5. The zero-order chi connectivity index (χ0) is 18.8. The standard InChI is InChI=1S/C18H13Cl2NO4S/c1-24-14-7-10(6-13(20)16(14)25-2)8-15-17(22)21(18(23)26-15)12-5-3-4-11(19)9-12/h3-9H,1-2H3/b15-8+. The number of halogens is 2. The monoisotopic (exact) mass is 409 g/mol. The van der Waals surface area contributed by atoms with Crippen molar-refractivity contribution in [1.29, 1.82) is 0 Å². The van der Waals surface area contributed by atoms with Gasteiger partial charge >= 0.3 is 0 Å². The fourth-order valence-electron chi connectivity index (χ4n) is 2.48. The van der Waals surface area contributed by atoms with E-state index in [4.69, 9.17) is 32.7 Å². The van der Waals surface area contributed by atoms with Crippen molar-refractivity contribution in [2.45, 2.75) is 0 Å². The number of carbonyl (C=O) groups is 2. The Morgan fingerprint density at radius 1 is 1.08 bits per heavy atom. The molecule has 1 heterocycles. The number of thioether (sulfide) groups is 1. The zero-order valence-electron chi connectivity index (χ0n) is 13.8. The summed E-state index contributed by atoms with van der Waals surface area (Å²) >= 11 is 13.0. The lowest BCUT2D eigenvalue weighted by atomic mass is 10.1. The number of anilines is 1. The third-order valence-electron chi connectivity index (χ3n) is 3.61. The van der Waals surface area contributed by atoms with E-state index in [-0.39, 0.29) is 4.91 Å². The Bertz CT molecular complexity index is 929. The molecule has 0 aromatic heterocycles. The summed E-state index contributed by atoms with van der Waals surface area (Å²) < 4.78 is 10.4. The topological polar surface area (TPSA) is 55.8 Å². The van der Waals surface area contributed by atoms with Crippen molar-refractivity contribution in [3.8, 4) is 11.5 Å². The molecule has 2 amide bonds. The van der Waals surface area contributed by atoms with Crippen LogP contribution in [0.2, 0.25) is 10.0 Å². The van der Waals surface area contributed by atoms with E-state index < -0.39 is 11.1 Å². The van der Waals surface area contributed by atoms with Crippen LogP contribution >= 0.6 is 35.0 Å². The second-order valence-corrected chi connectivity index (χ2v) is 7.07. The number of rotatable bonds is 4. The van der Waals surface area contributed by atoms with Crippen LogP contribution in [-0.2, 0) is 4.79 Å². The molecular weight excluding hydrogens is 397 g/mol. The predicted octanol–water partition coefficient (Wildman–Crippen LogP) is 5.25. The third kappa shape index (κ3) is 3.53. The molecule has 26 heavy (non-hydrogen) atoms. The molecule has 2 aromatic carbocycles. The number of hydrogen-bond donors (Lipinski definition) is 0. The molecule has 1 saturated heterocycles. The van der Waals surface area contributed by atoms with Crippen LogP contribution < -0.4 is 14.4 Å². The fourth-order valence-corrected chi connectivity index (χ4v) is 3.80. The summed E-state index contributed by atoms with van der Waals surface area (Å²) in [6, 6.07) is 9.88. The number of ether oxygens (including phenoxy) is 2. The van der Waals surface area contributed by atoms with Crippen LogP contribution in [0.3, 0.4) is 0 Å². The Kier molecular flexibility index (Phi) is 5.46. The lowest BCUT2D eigenvalue weighted by Gasteiger charge is -2.12. The van der Waals surface area contributed by atoms with Gasteiger partial charge in [0, 0.05) is 5.02 Å². The third-order valence-corrected chi connectivity index (χ3v) is 5.00. The molecular formula is C18H13Cl2NO4S. The first kappa shape index (κ1) is 18.6. The van der Waals surface area contributed by atoms with E-state index in [1.807, 2.05) is 0 Å². The Morgan fingerprint density at radius 3 is 2.50 bits per heavy atom. The van der Waals surface area contributed by atoms with Crippen LogP contribution in [0.5, 0.6) is 11.5 Å². The first-order valence-electron chi connectivity index (χ1n) is 7.39. The Hall–Kier alpha value is -2.15. The van der Waals surface area contributed by atoms with Crippen molar-refractivity contribution in [1.82, 2.24) is 0 Å². The van der Waals surface area contributed by atoms with Crippen molar-refractivity contribution >= 4 is 57.9 Å². The molecule has 0 saturated carbocycles. The predicted molar refractivity (Wildman–Crippen MR) is 104 cm³/mol. The molecule has 3 rings (SSSR count). The van der Waals surface area contributed by atoms with Crippen LogP contribution in [0, 0.1) is 0 Å². The van der Waals surface area contributed by atoms with Gasteiger partial charge < -0.3 is 9.47 Å². The molecule has 0 radical (unpaired) electrons. The molecule has 1 fully saturated rings. The van der Waals surface area contributed by atoms with Gasteiger partial charge in [-0.1, -0.05) is 29.3 Å². The van der Waals surface area contributed by atoms with Crippen LogP contribution in [0.25, 0.3) is 6.08 Å². The summed E-state index contributed by atoms with van der Waals surface area (Å²) in [5.41, 5.74) is 1.04. The summed E-state index contributed by atoms with van der Waals surface area (Å²) in [7, 11) is 2.98. The summed E-state index contributed by atoms with van der Waals surface area (Å²) in [5.74, 6) is 0.409. The van der Waals surface area contributed by atoms with Crippen molar-refractivity contribution in [2.24, 2.45) is 0 Å². The van der Waals surface area contributed by atoms with Crippen LogP contribution in [0.4, 0.5) is 10.5 Å². The minimum atomic E-state index is -0.423. The van der Waals surface area contributed by atoms with Gasteiger partial charge in [0.1, 0.15) is 0 Å². The van der Waals surface area contributed by atoms with E-state index in [1.54, 1.807) is 42.5 Å². The largest absolute Gasteiger partial charge is 0.493 e. The molecule has 5 nitrogen and oxygen atoms in total. The second kappa shape index (κ2) is 7.61. The number of carbonyl (C=O) groups excluding carboxylic acids is 2. The number of imide groups is 1. The minimum Gasteiger partial charge on any atom is -0.493 e. The average Bonchev–Trinajstić information content (AvgIpc) is 2.88. The van der Waals surface area contributed by atoms with Crippen molar-refractivity contribution in [2.75, 3.05) is 19.1 Å². The molecule has 1 aliphatic heterocycles. The van der Waals surface area contributed by atoms with E-state index in [2.05, 4.69) is 0 Å². The molecule has 0 unspecified atom stereocenters. The summed E-state index contributed by atoms with van der Waals surface area (Å²) in [5, 5.41) is 0.388. The smallest absolute Gasteiger partial charge is 0.298 e. The average molecular weight is 410 g/mol. The van der Waals surface area contributed by atoms with E-state index in [1.165, 1.54) is 14.2 Å². The first-order valence-corrected chi connectivity index (χ1v) is 8.97. The Balaban J connectivity index is 1.97. The van der Waals surface area contributed by atoms with Crippen molar-refractivity contribution in [3.63, 3.8) is 0 Å². The summed E-state index contributed by atoms with van der Waals surface area (Å²) in [6.07, 6.45) is 1.59. The SMILES string of the molecule is COc1cc(/C=C2/SC(=O)N(c3cccc(Cl)c3)C2=O)cc(Cl)c1OC. The summed E-state index contributed by atoms with van der Waals surface area (Å²) in [4.78, 5) is 26.3. The number of methoxy groups -OCH3 is 2. The van der Waals surface area contributed by atoms with Crippen molar-refractivity contribution < 1.29 is 19.1 Å². The molecule has 134 valence electrons. The van der Waals surface area contributed by atoms with Crippen molar-refractivity contribution in [3.05, 3.63) is 56.9 Å². The minimum absolute atomic E-state index is 0.276. The molecule has 0 N–H and O–H groups in total. The maximum absolute atomic E-state index is 12.7. The van der Waals surface area contributed by atoms with Gasteiger partial charge in [0.25, 0.3) is 11.1 Å². The molecule has 8 heteroatoms. The maximum atomic E-state index is 12.7. The maximum Gasteiger partial charge on any atom is 0.298 e. The molecule has 0 aliphatic carbocycles. The molecule has 0 atom stereocenters. The quantitative estimate of drug-likeness (QED) is 0.645. The van der Waals surface area contributed by atoms with E-state index in [0.29, 0.717) is 32.8 Å². The van der Waals surface area contributed by atoms with Crippen LogP contribution in [0.15, 0.2) is 41.3 Å². The zero-order valence-corrected chi connectivity index (χ0v) is 16.1. The van der Waals surface area contributed by atoms with Crippen LogP contribution in [-0.4, -0.2) is 25.4 Å². The highest BCUT2D eigenvalue weighted by molar-refractivity contribution is 8.19. The van der Waals surface area contributed by atoms with Gasteiger partial charge in [0.2, 0.25) is 0 Å². The van der Waals surface area contributed by atoms with Gasteiger partial charge in [0.15, 0.2) is 11.5 Å². The van der Waals surface area contributed by atoms with Gasteiger partial charge in [0.05, 0.1) is 29.8 Å². The van der Waals surface area contributed by atoms with Gasteiger partial charge in [-0.05, 0) is 53.7 Å².